The Morgan fingerprint density at radius 1 is 0.903 bits per heavy atom. The second kappa shape index (κ2) is 12.8. The Labute approximate surface area is 187 Å². The molecule has 0 atom stereocenters. The van der Waals surface area contributed by atoms with E-state index in [1.165, 1.54) is 69.4 Å². The lowest BCUT2D eigenvalue weighted by Crippen LogP contribution is -2.15. The molecule has 1 aliphatic rings. The first-order valence-electron chi connectivity index (χ1n) is 12.4. The van der Waals surface area contributed by atoms with Crippen LogP contribution in [-0.2, 0) is 6.42 Å². The number of nitrogens with zero attached hydrogens (tertiary/aromatic N) is 2. The smallest absolute Gasteiger partial charge is 0.165 e. The molecule has 1 aromatic carbocycles. The molecule has 3 rings (SSSR count). The van der Waals surface area contributed by atoms with Crippen LogP contribution in [0.25, 0.3) is 11.4 Å². The summed E-state index contributed by atoms with van der Waals surface area (Å²) in [5, 5.41) is 0. The number of rotatable bonds is 12. The van der Waals surface area contributed by atoms with Gasteiger partial charge in [-0.05, 0) is 54.9 Å². The predicted octanol–water partition coefficient (Wildman–Crippen LogP) is 7.78. The van der Waals surface area contributed by atoms with Gasteiger partial charge in [0.1, 0.15) is 0 Å². The van der Waals surface area contributed by atoms with Crippen molar-refractivity contribution in [2.24, 2.45) is 11.8 Å². The zero-order valence-electron chi connectivity index (χ0n) is 19.4. The van der Waals surface area contributed by atoms with Gasteiger partial charge in [-0.15, -0.1) is 0 Å². The van der Waals surface area contributed by atoms with Gasteiger partial charge in [0.05, 0.1) is 6.61 Å². The van der Waals surface area contributed by atoms with Crippen molar-refractivity contribution in [3.8, 4) is 17.1 Å². The van der Waals surface area contributed by atoms with Crippen LogP contribution in [0.4, 0.5) is 4.39 Å². The molecular weight excluding hydrogens is 387 g/mol. The highest BCUT2D eigenvalue weighted by Gasteiger charge is 2.20. The van der Waals surface area contributed by atoms with E-state index in [2.05, 4.69) is 23.8 Å². The van der Waals surface area contributed by atoms with Gasteiger partial charge in [-0.25, -0.2) is 14.4 Å². The highest BCUT2D eigenvalue weighted by molar-refractivity contribution is 5.56. The molecule has 1 aromatic heterocycles. The summed E-state index contributed by atoms with van der Waals surface area (Å²) in [6.45, 7) is 4.91. The number of hydrogen-bond donors (Lipinski definition) is 0. The average molecular weight is 427 g/mol. The van der Waals surface area contributed by atoms with Crippen molar-refractivity contribution in [2.45, 2.75) is 90.9 Å². The van der Waals surface area contributed by atoms with Crippen LogP contribution in [0, 0.1) is 17.7 Å². The van der Waals surface area contributed by atoms with Crippen LogP contribution < -0.4 is 4.74 Å². The van der Waals surface area contributed by atoms with Gasteiger partial charge in [0, 0.05) is 18.0 Å². The minimum Gasteiger partial charge on any atom is -0.491 e. The van der Waals surface area contributed by atoms with Crippen molar-refractivity contribution in [1.82, 2.24) is 9.97 Å². The van der Waals surface area contributed by atoms with E-state index in [9.17, 15) is 4.39 Å². The molecule has 1 saturated carbocycles. The van der Waals surface area contributed by atoms with E-state index < -0.39 is 0 Å². The average Bonchev–Trinajstić information content (AvgIpc) is 2.80. The second-order valence-corrected chi connectivity index (χ2v) is 9.18. The highest BCUT2D eigenvalue weighted by Crippen LogP contribution is 2.34. The third-order valence-corrected chi connectivity index (χ3v) is 6.67. The molecule has 1 heterocycles. The molecule has 0 amide bonds. The molecule has 170 valence electrons. The molecule has 0 radical (unpaired) electrons. The minimum absolute atomic E-state index is 0.300. The molecule has 4 heteroatoms. The fraction of sp³-hybridized carbons (Fsp3) is 0.630. The van der Waals surface area contributed by atoms with Crippen LogP contribution >= 0.6 is 0 Å². The van der Waals surface area contributed by atoms with Gasteiger partial charge in [-0.2, -0.15) is 0 Å². The molecular formula is C27H39FN2O. The summed E-state index contributed by atoms with van der Waals surface area (Å²) in [7, 11) is 0. The Balaban J connectivity index is 1.45. The van der Waals surface area contributed by atoms with Gasteiger partial charge in [-0.3, -0.25) is 0 Å². The van der Waals surface area contributed by atoms with Gasteiger partial charge >= 0.3 is 0 Å². The van der Waals surface area contributed by atoms with Gasteiger partial charge in [-0.1, -0.05) is 71.6 Å². The molecule has 1 aliphatic carbocycles. The number of aromatic nitrogens is 2. The number of unbranched alkanes of at least 4 members (excludes halogenated alkanes) is 3. The maximum absolute atomic E-state index is 14.3. The Morgan fingerprint density at radius 2 is 1.58 bits per heavy atom. The summed E-state index contributed by atoms with van der Waals surface area (Å²) in [6, 6.07) is 4.98. The van der Waals surface area contributed by atoms with Gasteiger partial charge in [0.15, 0.2) is 17.4 Å². The van der Waals surface area contributed by atoms with E-state index in [-0.39, 0.29) is 5.82 Å². The first-order chi connectivity index (χ1) is 15.2. The zero-order valence-corrected chi connectivity index (χ0v) is 19.4. The summed E-state index contributed by atoms with van der Waals surface area (Å²) < 4.78 is 19.8. The topological polar surface area (TPSA) is 35.0 Å². The number of ether oxygens (including phenoxy) is 1. The van der Waals surface area contributed by atoms with Gasteiger partial charge in [0.2, 0.25) is 0 Å². The fourth-order valence-electron chi connectivity index (χ4n) is 4.58. The molecule has 31 heavy (non-hydrogen) atoms. The standard InChI is InChI=1S/C27H39FN2O/c1-3-5-7-8-21-9-11-22(12-10-21)13-14-23-19-29-27(30-20-23)24-15-16-26(25(28)18-24)31-17-6-4-2/h15-16,18-22H,3-14,17H2,1-2H3. The lowest BCUT2D eigenvalue weighted by atomic mass is 9.78. The Hall–Kier alpha value is -1.97. The largest absolute Gasteiger partial charge is 0.491 e. The molecule has 2 aromatic rings. The Bertz CT molecular complexity index is 769. The molecule has 0 unspecified atom stereocenters. The van der Waals surface area contributed by atoms with E-state index in [4.69, 9.17) is 4.74 Å². The third-order valence-electron chi connectivity index (χ3n) is 6.67. The van der Waals surface area contributed by atoms with Crippen molar-refractivity contribution in [2.75, 3.05) is 6.61 Å². The van der Waals surface area contributed by atoms with Crippen molar-refractivity contribution in [3.63, 3.8) is 0 Å². The van der Waals surface area contributed by atoms with Crippen LogP contribution in [-0.4, -0.2) is 16.6 Å². The van der Waals surface area contributed by atoms with Crippen LogP contribution in [0.5, 0.6) is 5.75 Å². The molecule has 3 nitrogen and oxygen atoms in total. The van der Waals surface area contributed by atoms with Crippen molar-refractivity contribution < 1.29 is 9.13 Å². The molecule has 0 N–H and O–H groups in total. The maximum atomic E-state index is 14.3. The summed E-state index contributed by atoms with van der Waals surface area (Å²) in [5.41, 5.74) is 1.86. The Morgan fingerprint density at radius 3 is 2.23 bits per heavy atom. The van der Waals surface area contributed by atoms with Gasteiger partial charge < -0.3 is 4.74 Å². The van der Waals surface area contributed by atoms with Crippen molar-refractivity contribution in [1.29, 1.82) is 0 Å². The second-order valence-electron chi connectivity index (χ2n) is 9.18. The summed E-state index contributed by atoms with van der Waals surface area (Å²) in [6.07, 6.45) is 19.1. The fourth-order valence-corrected chi connectivity index (χ4v) is 4.58. The highest BCUT2D eigenvalue weighted by atomic mass is 19.1. The third kappa shape index (κ3) is 7.59. The SMILES string of the molecule is CCCCCC1CCC(CCc2cnc(-c3ccc(OCCCC)c(F)c3)nc2)CC1. The molecule has 0 saturated heterocycles. The lowest BCUT2D eigenvalue weighted by molar-refractivity contribution is 0.249. The van der Waals surface area contributed by atoms with Crippen LogP contribution in [0.3, 0.4) is 0 Å². The number of halogens is 1. The van der Waals surface area contributed by atoms with E-state index in [1.807, 2.05) is 18.5 Å². The van der Waals surface area contributed by atoms with E-state index in [0.29, 0.717) is 23.7 Å². The number of hydrogen-bond acceptors (Lipinski definition) is 3. The number of aryl methyl sites for hydroxylation is 1. The molecule has 1 fully saturated rings. The predicted molar refractivity (Wildman–Crippen MR) is 126 cm³/mol. The van der Waals surface area contributed by atoms with Crippen LogP contribution in [0.2, 0.25) is 0 Å². The summed E-state index contributed by atoms with van der Waals surface area (Å²) in [5.74, 6) is 2.32. The lowest BCUT2D eigenvalue weighted by Gasteiger charge is -2.28. The molecule has 0 bridgehead atoms. The molecule has 0 aliphatic heterocycles. The first kappa shape index (κ1) is 23.7. The molecule has 0 spiro atoms. The summed E-state index contributed by atoms with van der Waals surface area (Å²) in [4.78, 5) is 8.99. The first-order valence-corrected chi connectivity index (χ1v) is 12.4. The van der Waals surface area contributed by atoms with Crippen molar-refractivity contribution in [3.05, 3.63) is 42.0 Å². The quantitative estimate of drug-likeness (QED) is 0.325. The monoisotopic (exact) mass is 426 g/mol. The Kier molecular flexibility index (Phi) is 9.77. The number of benzene rings is 1. The van der Waals surface area contributed by atoms with E-state index >= 15 is 0 Å². The van der Waals surface area contributed by atoms with Crippen LogP contribution in [0.1, 0.15) is 90.0 Å². The zero-order chi connectivity index (χ0) is 21.9. The van der Waals surface area contributed by atoms with E-state index in [1.54, 1.807) is 6.07 Å². The summed E-state index contributed by atoms with van der Waals surface area (Å²) >= 11 is 0. The minimum atomic E-state index is -0.355. The van der Waals surface area contributed by atoms with Gasteiger partial charge in [0.25, 0.3) is 0 Å². The van der Waals surface area contributed by atoms with Crippen LogP contribution in [0.15, 0.2) is 30.6 Å². The van der Waals surface area contributed by atoms with E-state index in [0.717, 1.165) is 31.1 Å². The maximum Gasteiger partial charge on any atom is 0.165 e. The van der Waals surface area contributed by atoms with Crippen molar-refractivity contribution >= 4 is 0 Å². The normalized spacial score (nSPS) is 18.8.